The predicted octanol–water partition coefficient (Wildman–Crippen LogP) is 2.51. The number of nitrogens with zero attached hydrogens (tertiary/aromatic N) is 8. The lowest BCUT2D eigenvalue weighted by Crippen LogP contribution is -2.26. The lowest BCUT2D eigenvalue weighted by atomic mass is 10.1. The minimum Gasteiger partial charge on any atom is -0.508 e. The number of rotatable bonds is 30. The Hall–Kier alpha value is -7.48. The zero-order valence-electron chi connectivity index (χ0n) is 40.6. The molecule has 0 saturated heterocycles. The van der Waals surface area contributed by atoms with E-state index in [2.05, 4.69) is 51.2 Å². The van der Waals surface area contributed by atoms with Crippen molar-refractivity contribution in [2.75, 3.05) is 108 Å². The van der Waals surface area contributed by atoms with Crippen LogP contribution in [0.25, 0.3) is 12.2 Å². The summed E-state index contributed by atoms with van der Waals surface area (Å²) in [5.41, 5.74) is 0.388. The molecule has 6 aromatic rings. The number of aromatic hydroxyl groups is 2. The van der Waals surface area contributed by atoms with Gasteiger partial charge in [-0.25, -0.2) is 0 Å². The van der Waals surface area contributed by atoms with Crippen LogP contribution in [0.4, 0.5) is 58.4 Å². The first-order valence-electron chi connectivity index (χ1n) is 22.7. The normalized spacial score (nSPS) is 12.1. The van der Waals surface area contributed by atoms with Gasteiger partial charge in [0.05, 0.1) is 51.1 Å². The smallest absolute Gasteiger partial charge is 0.295 e. The molecular formula is C44H52N12O18S4. The maximum atomic E-state index is 12.9. The second-order valence-corrected chi connectivity index (χ2v) is 22.0. The van der Waals surface area contributed by atoms with Crippen molar-refractivity contribution < 1.29 is 81.8 Å². The van der Waals surface area contributed by atoms with E-state index in [1.807, 2.05) is 0 Å². The number of anilines is 10. The Labute approximate surface area is 446 Å². The Kier molecular flexibility index (Phi) is 20.5. The van der Waals surface area contributed by atoms with Crippen LogP contribution in [0.15, 0.2) is 94.7 Å². The molecule has 0 fully saturated rings. The van der Waals surface area contributed by atoms with Gasteiger partial charge in [0.1, 0.15) is 21.3 Å². The summed E-state index contributed by atoms with van der Waals surface area (Å²) >= 11 is 0. The molecule has 6 rings (SSSR count). The van der Waals surface area contributed by atoms with Gasteiger partial charge in [-0.1, -0.05) is 24.3 Å². The molecule has 0 spiro atoms. The molecule has 30 nitrogen and oxygen atoms in total. The highest BCUT2D eigenvalue weighted by Crippen LogP contribution is 2.31. The van der Waals surface area contributed by atoms with E-state index < -0.39 is 61.8 Å². The lowest BCUT2D eigenvalue weighted by Gasteiger charge is -2.24. The lowest BCUT2D eigenvalue weighted by molar-refractivity contribution is 0.0974. The van der Waals surface area contributed by atoms with Gasteiger partial charge < -0.3 is 61.0 Å². The Balaban J connectivity index is 1.33. The second-order valence-electron chi connectivity index (χ2n) is 16.0. The zero-order valence-corrected chi connectivity index (χ0v) is 43.9. The van der Waals surface area contributed by atoms with Crippen LogP contribution in [0.2, 0.25) is 0 Å². The van der Waals surface area contributed by atoms with E-state index in [9.17, 15) is 72.3 Å². The minimum atomic E-state index is -5.07. The number of hydrogen-bond donors (Lipinski definition) is 12. The van der Waals surface area contributed by atoms with Gasteiger partial charge in [-0.3, -0.25) is 18.2 Å². The summed E-state index contributed by atoms with van der Waals surface area (Å²) in [4.78, 5) is 27.7. The van der Waals surface area contributed by atoms with Gasteiger partial charge >= 0.3 is 0 Å². The summed E-state index contributed by atoms with van der Waals surface area (Å²) in [5.74, 6) is -2.76. The molecule has 34 heteroatoms. The molecule has 0 radical (unpaired) electrons. The molecule has 78 heavy (non-hydrogen) atoms. The second kappa shape index (κ2) is 26.7. The fraction of sp³-hybridized carbons (Fsp3) is 0.273. The number of aromatic nitrogens is 6. The van der Waals surface area contributed by atoms with E-state index in [0.29, 0.717) is 11.4 Å². The third kappa shape index (κ3) is 18.6. The van der Waals surface area contributed by atoms with Crippen LogP contribution >= 0.6 is 0 Å². The van der Waals surface area contributed by atoms with Crippen LogP contribution in [0.5, 0.6) is 11.5 Å². The highest BCUT2D eigenvalue weighted by molar-refractivity contribution is 7.86. The fourth-order valence-electron chi connectivity index (χ4n) is 6.81. The molecule has 0 atom stereocenters. The SMILES string of the molecule is O=S(=O)(O)CCNc1nc(Nc2ccc(C=Cc3ccc(Nc4nc(NCCS(=O)(=O)O)nc(N(CCOCCO)c5ccc(O)cc5)n4)cc3S(=O)(=O)O)c(S(=O)(=O)O)c2)nc(N(CCOCCO)c2ccc(O)cc2)n1. The Morgan fingerprint density at radius 2 is 0.833 bits per heavy atom. The predicted molar refractivity (Wildman–Crippen MR) is 284 cm³/mol. The summed E-state index contributed by atoms with van der Waals surface area (Å²) in [7, 11) is -19.0. The van der Waals surface area contributed by atoms with Crippen LogP contribution in [-0.4, -0.2) is 180 Å². The largest absolute Gasteiger partial charge is 0.508 e. The van der Waals surface area contributed by atoms with Crippen molar-refractivity contribution in [2.45, 2.75) is 9.79 Å². The van der Waals surface area contributed by atoms with Gasteiger partial charge in [-0.05, 0) is 83.9 Å². The van der Waals surface area contributed by atoms with E-state index in [1.54, 1.807) is 0 Å². The van der Waals surface area contributed by atoms with Crippen LogP contribution in [0, 0.1) is 0 Å². The van der Waals surface area contributed by atoms with Gasteiger partial charge in [0.15, 0.2) is 0 Å². The number of phenolic OH excluding ortho intramolecular Hbond substituents is 2. The van der Waals surface area contributed by atoms with Crippen LogP contribution < -0.4 is 31.1 Å². The summed E-state index contributed by atoms with van der Waals surface area (Å²) < 4.78 is 148. The maximum Gasteiger partial charge on any atom is 0.295 e. The Bertz CT molecular complexity index is 3280. The van der Waals surface area contributed by atoms with Gasteiger partial charge in [0.25, 0.3) is 40.5 Å². The zero-order chi connectivity index (χ0) is 56.7. The molecule has 4 aromatic carbocycles. The van der Waals surface area contributed by atoms with Crippen molar-refractivity contribution in [3.8, 4) is 11.5 Å². The molecule has 12 N–H and O–H groups in total. The average molecular weight is 1170 g/mol. The summed E-state index contributed by atoms with van der Waals surface area (Å²) in [6, 6.07) is 18.7. The first-order valence-corrected chi connectivity index (χ1v) is 28.8. The molecule has 420 valence electrons. The van der Waals surface area contributed by atoms with Crippen LogP contribution in [0.1, 0.15) is 11.1 Å². The molecule has 2 aromatic heterocycles. The van der Waals surface area contributed by atoms with Crippen LogP contribution in [0.3, 0.4) is 0 Å². The van der Waals surface area contributed by atoms with Crippen molar-refractivity contribution >= 4 is 111 Å². The van der Waals surface area contributed by atoms with E-state index in [4.69, 9.17) is 9.47 Å². The monoisotopic (exact) mass is 1160 g/mol. The third-order valence-corrected chi connectivity index (χ3v) is 13.5. The topological polar surface area (TPSA) is 449 Å². The number of nitrogens with one attached hydrogen (secondary N) is 4. The Morgan fingerprint density at radius 1 is 0.474 bits per heavy atom. The van der Waals surface area contributed by atoms with E-state index >= 15 is 0 Å². The third-order valence-electron chi connectivity index (χ3n) is 10.3. The van der Waals surface area contributed by atoms with Crippen molar-refractivity contribution in [3.05, 3.63) is 96.1 Å². The standard InChI is InChI=1S/C44H52N12O18S4/c57-19-23-73-21-17-55(33-7-11-35(59)12-8-33)43-51-39(45-15-25-75(61,62)63)49-41(53-43)47-31-5-3-29(37(27-31)77(67,68)69)1-2-30-4-6-32(28-38(30)78(70,71)72)48-42-50-40(46-16-26-76(64,65)66)52-44(54-42)56(18-22-74-24-20-58)34-9-13-36(60)14-10-34/h1-14,27-28,57-60H,15-26H2,(H,61,62,63)(H,64,65,66)(H,67,68,69)(H,70,71,72)(H2,45,47,49,51,53)(H2,46,48,50,52,54). The molecule has 2 heterocycles. The van der Waals surface area contributed by atoms with Gasteiger partial charge in [0, 0.05) is 48.9 Å². The van der Waals surface area contributed by atoms with Crippen molar-refractivity contribution in [1.29, 1.82) is 0 Å². The first-order chi connectivity index (χ1) is 36.9. The molecule has 0 saturated carbocycles. The fourth-order valence-corrected chi connectivity index (χ4v) is 8.95. The number of benzene rings is 4. The number of phenols is 2. The number of hydrogen-bond acceptors (Lipinski definition) is 26. The summed E-state index contributed by atoms with van der Waals surface area (Å²) in [6.45, 7) is -1.12. The van der Waals surface area contributed by atoms with Crippen molar-refractivity contribution in [2.24, 2.45) is 0 Å². The van der Waals surface area contributed by atoms with E-state index in [-0.39, 0.29) is 136 Å². The van der Waals surface area contributed by atoms with Crippen LogP contribution in [-0.2, 0) is 49.9 Å². The van der Waals surface area contributed by atoms with Gasteiger partial charge in [-0.2, -0.15) is 63.6 Å². The summed E-state index contributed by atoms with van der Waals surface area (Å²) in [5, 5.41) is 49.3. The minimum absolute atomic E-state index is 0.00356. The molecular weight excluding hydrogens is 1110 g/mol. The molecule has 0 aliphatic carbocycles. The number of aliphatic hydroxyl groups excluding tert-OH is 2. The van der Waals surface area contributed by atoms with E-state index in [1.165, 1.54) is 82.6 Å². The van der Waals surface area contributed by atoms with E-state index in [0.717, 1.165) is 24.3 Å². The van der Waals surface area contributed by atoms with Gasteiger partial charge in [-0.15, -0.1) is 0 Å². The molecule has 0 bridgehead atoms. The molecule has 0 unspecified atom stereocenters. The summed E-state index contributed by atoms with van der Waals surface area (Å²) in [6.07, 6.45) is 2.25. The highest BCUT2D eigenvalue weighted by atomic mass is 32.2. The highest BCUT2D eigenvalue weighted by Gasteiger charge is 2.22. The van der Waals surface area contributed by atoms with Crippen molar-refractivity contribution in [3.63, 3.8) is 0 Å². The Morgan fingerprint density at radius 3 is 1.17 bits per heavy atom. The molecule has 0 amide bonds. The average Bonchev–Trinajstić information content (AvgIpc) is 3.38. The number of ether oxygens (including phenoxy) is 2. The molecule has 0 aliphatic rings. The quantitative estimate of drug-likeness (QED) is 0.0175. The van der Waals surface area contributed by atoms with Gasteiger partial charge in [0.2, 0.25) is 35.7 Å². The number of aliphatic hydroxyl groups is 2. The van der Waals surface area contributed by atoms with Crippen molar-refractivity contribution in [1.82, 2.24) is 29.9 Å². The molecule has 0 aliphatic heterocycles. The maximum absolute atomic E-state index is 12.9. The first kappa shape index (κ1) is 59.8.